The lowest BCUT2D eigenvalue weighted by Gasteiger charge is -2.30. The molecule has 0 aliphatic carbocycles. The standard InChI is InChI=1S/C17H18IN3O2/c18-13-3-1-4-14(11-13)21-8-2-5-15(21)17(23)20-9-6-12(7-10-20)16(19)22/h1-5,8,11-12H,6-7,9-10H2,(H2,19,22). The van der Waals surface area contributed by atoms with E-state index in [1.54, 1.807) is 4.90 Å². The minimum Gasteiger partial charge on any atom is -0.369 e. The third kappa shape index (κ3) is 3.41. The van der Waals surface area contributed by atoms with Crippen molar-refractivity contribution in [3.63, 3.8) is 0 Å². The van der Waals surface area contributed by atoms with Gasteiger partial charge in [0.25, 0.3) is 5.91 Å². The van der Waals surface area contributed by atoms with E-state index in [1.807, 2.05) is 47.2 Å². The fraction of sp³-hybridized carbons (Fsp3) is 0.294. The molecule has 0 unspecified atom stereocenters. The third-order valence-corrected chi connectivity index (χ3v) is 4.91. The van der Waals surface area contributed by atoms with Gasteiger partial charge in [0.2, 0.25) is 5.91 Å². The average molecular weight is 423 g/mol. The van der Waals surface area contributed by atoms with Crippen LogP contribution in [0.2, 0.25) is 0 Å². The zero-order chi connectivity index (χ0) is 16.4. The van der Waals surface area contributed by atoms with E-state index in [4.69, 9.17) is 5.73 Å². The molecule has 1 aromatic heterocycles. The molecular weight excluding hydrogens is 405 g/mol. The van der Waals surface area contributed by atoms with E-state index in [0.717, 1.165) is 9.26 Å². The summed E-state index contributed by atoms with van der Waals surface area (Å²) >= 11 is 2.26. The third-order valence-electron chi connectivity index (χ3n) is 4.24. The highest BCUT2D eigenvalue weighted by Gasteiger charge is 2.27. The Morgan fingerprint density at radius 2 is 1.87 bits per heavy atom. The number of primary amides is 1. The number of nitrogens with two attached hydrogens (primary N) is 1. The second kappa shape index (κ2) is 6.74. The van der Waals surface area contributed by atoms with Crippen LogP contribution in [0, 0.1) is 9.49 Å². The minimum absolute atomic E-state index is 0.00298. The maximum Gasteiger partial charge on any atom is 0.270 e. The van der Waals surface area contributed by atoms with E-state index in [0.29, 0.717) is 31.6 Å². The number of benzene rings is 1. The van der Waals surface area contributed by atoms with Gasteiger partial charge in [-0.2, -0.15) is 0 Å². The number of carbonyl (C=O) groups excluding carboxylic acids is 2. The Morgan fingerprint density at radius 3 is 2.52 bits per heavy atom. The van der Waals surface area contributed by atoms with E-state index >= 15 is 0 Å². The van der Waals surface area contributed by atoms with Crippen LogP contribution in [-0.4, -0.2) is 34.4 Å². The molecule has 5 nitrogen and oxygen atoms in total. The number of piperidine rings is 1. The van der Waals surface area contributed by atoms with Crippen molar-refractivity contribution in [1.82, 2.24) is 9.47 Å². The quantitative estimate of drug-likeness (QED) is 0.771. The van der Waals surface area contributed by atoms with E-state index in [-0.39, 0.29) is 17.7 Å². The topological polar surface area (TPSA) is 68.3 Å². The van der Waals surface area contributed by atoms with Crippen molar-refractivity contribution in [2.75, 3.05) is 13.1 Å². The summed E-state index contributed by atoms with van der Waals surface area (Å²) in [6.45, 7) is 1.15. The molecule has 1 aliphatic rings. The summed E-state index contributed by atoms with van der Waals surface area (Å²) in [5.41, 5.74) is 6.96. The van der Waals surface area contributed by atoms with Crippen LogP contribution < -0.4 is 5.73 Å². The summed E-state index contributed by atoms with van der Waals surface area (Å²) in [5, 5.41) is 0. The summed E-state index contributed by atoms with van der Waals surface area (Å²) in [5.74, 6) is -0.377. The molecule has 1 fully saturated rings. The molecule has 2 aromatic rings. The Labute approximate surface area is 148 Å². The normalized spacial score (nSPS) is 15.6. The summed E-state index contributed by atoms with van der Waals surface area (Å²) in [6, 6.07) is 11.7. The van der Waals surface area contributed by atoms with Gasteiger partial charge >= 0.3 is 0 Å². The number of nitrogens with zero attached hydrogens (tertiary/aromatic N) is 2. The molecule has 0 radical (unpaired) electrons. The Hall–Kier alpha value is -1.83. The molecular formula is C17H18IN3O2. The molecule has 0 atom stereocenters. The molecule has 2 heterocycles. The van der Waals surface area contributed by atoms with E-state index in [9.17, 15) is 9.59 Å². The first-order valence-corrected chi connectivity index (χ1v) is 8.66. The highest BCUT2D eigenvalue weighted by Crippen LogP contribution is 2.21. The molecule has 3 rings (SSSR count). The van der Waals surface area contributed by atoms with Crippen molar-refractivity contribution in [2.45, 2.75) is 12.8 Å². The van der Waals surface area contributed by atoms with Gasteiger partial charge in [0, 0.05) is 34.5 Å². The molecule has 120 valence electrons. The lowest BCUT2D eigenvalue weighted by atomic mass is 9.96. The predicted octanol–water partition coefficient (Wildman–Crippen LogP) is 2.42. The van der Waals surface area contributed by atoms with Gasteiger partial charge < -0.3 is 15.2 Å². The van der Waals surface area contributed by atoms with Crippen LogP contribution in [0.1, 0.15) is 23.3 Å². The number of likely N-dealkylation sites (tertiary alicyclic amines) is 1. The largest absolute Gasteiger partial charge is 0.369 e. The van der Waals surface area contributed by atoms with Gasteiger partial charge in [-0.1, -0.05) is 6.07 Å². The number of hydrogen-bond acceptors (Lipinski definition) is 2. The fourth-order valence-corrected chi connectivity index (χ4v) is 3.46. The van der Waals surface area contributed by atoms with Gasteiger partial charge in [0.15, 0.2) is 0 Å². The number of aromatic nitrogens is 1. The first-order chi connectivity index (χ1) is 11.1. The maximum absolute atomic E-state index is 12.8. The fourth-order valence-electron chi connectivity index (χ4n) is 2.94. The highest BCUT2D eigenvalue weighted by molar-refractivity contribution is 14.1. The number of hydrogen-bond donors (Lipinski definition) is 1. The Balaban J connectivity index is 1.80. The molecule has 23 heavy (non-hydrogen) atoms. The van der Waals surface area contributed by atoms with Crippen LogP contribution in [-0.2, 0) is 4.79 Å². The second-order valence-electron chi connectivity index (χ2n) is 5.71. The van der Waals surface area contributed by atoms with Gasteiger partial charge in [-0.3, -0.25) is 9.59 Å². The summed E-state index contributed by atoms with van der Waals surface area (Å²) in [7, 11) is 0. The molecule has 0 saturated carbocycles. The van der Waals surface area contributed by atoms with E-state index in [2.05, 4.69) is 22.6 Å². The highest BCUT2D eigenvalue weighted by atomic mass is 127. The van der Waals surface area contributed by atoms with E-state index in [1.165, 1.54) is 0 Å². The second-order valence-corrected chi connectivity index (χ2v) is 6.96. The maximum atomic E-state index is 12.8. The SMILES string of the molecule is NC(=O)C1CCN(C(=O)c2cccn2-c2cccc(I)c2)CC1. The molecule has 1 saturated heterocycles. The van der Waals surface area contributed by atoms with Crippen molar-refractivity contribution in [3.8, 4) is 5.69 Å². The number of carbonyl (C=O) groups is 2. The van der Waals surface area contributed by atoms with Crippen molar-refractivity contribution in [1.29, 1.82) is 0 Å². The minimum atomic E-state index is -0.265. The summed E-state index contributed by atoms with van der Waals surface area (Å²) in [4.78, 5) is 25.9. The summed E-state index contributed by atoms with van der Waals surface area (Å²) < 4.78 is 3.03. The molecule has 1 aromatic carbocycles. The zero-order valence-electron chi connectivity index (χ0n) is 12.6. The Bertz CT molecular complexity index is 733. The Morgan fingerprint density at radius 1 is 1.13 bits per heavy atom. The molecule has 0 bridgehead atoms. The summed E-state index contributed by atoms with van der Waals surface area (Å²) in [6.07, 6.45) is 3.19. The van der Waals surface area contributed by atoms with Crippen LogP contribution in [0.25, 0.3) is 5.69 Å². The first kappa shape index (κ1) is 16.0. The van der Waals surface area contributed by atoms with Crippen LogP contribution in [0.15, 0.2) is 42.6 Å². The zero-order valence-corrected chi connectivity index (χ0v) is 14.8. The van der Waals surface area contributed by atoms with Crippen molar-refractivity contribution in [3.05, 3.63) is 51.9 Å². The molecule has 2 amide bonds. The first-order valence-electron chi connectivity index (χ1n) is 7.58. The lowest BCUT2D eigenvalue weighted by Crippen LogP contribution is -2.42. The van der Waals surface area contributed by atoms with Crippen molar-refractivity contribution >= 4 is 34.4 Å². The van der Waals surface area contributed by atoms with Gasteiger partial charge in [-0.25, -0.2) is 0 Å². The van der Waals surface area contributed by atoms with Gasteiger partial charge in [0.05, 0.1) is 0 Å². The van der Waals surface area contributed by atoms with Crippen LogP contribution >= 0.6 is 22.6 Å². The Kier molecular flexibility index (Phi) is 4.70. The lowest BCUT2D eigenvalue weighted by molar-refractivity contribution is -0.123. The molecule has 1 aliphatic heterocycles. The van der Waals surface area contributed by atoms with Crippen molar-refractivity contribution in [2.24, 2.45) is 11.7 Å². The van der Waals surface area contributed by atoms with Gasteiger partial charge in [-0.15, -0.1) is 0 Å². The molecule has 2 N–H and O–H groups in total. The predicted molar refractivity (Wildman–Crippen MR) is 96.3 cm³/mol. The monoisotopic (exact) mass is 423 g/mol. The number of amides is 2. The smallest absolute Gasteiger partial charge is 0.270 e. The van der Waals surface area contributed by atoms with Crippen LogP contribution in [0.5, 0.6) is 0 Å². The number of rotatable bonds is 3. The molecule has 0 spiro atoms. The van der Waals surface area contributed by atoms with Gasteiger partial charge in [-0.05, 0) is 65.8 Å². The van der Waals surface area contributed by atoms with Crippen LogP contribution in [0.4, 0.5) is 0 Å². The van der Waals surface area contributed by atoms with Gasteiger partial charge in [0.1, 0.15) is 5.69 Å². The van der Waals surface area contributed by atoms with E-state index < -0.39 is 0 Å². The molecule has 6 heteroatoms. The number of halogens is 1. The average Bonchev–Trinajstić information content (AvgIpc) is 3.04. The van der Waals surface area contributed by atoms with Crippen molar-refractivity contribution < 1.29 is 9.59 Å². The van der Waals surface area contributed by atoms with Crippen LogP contribution in [0.3, 0.4) is 0 Å².